The van der Waals surface area contributed by atoms with Gasteiger partial charge in [-0.05, 0) is 42.3 Å². The van der Waals surface area contributed by atoms with E-state index in [-0.39, 0.29) is 12.4 Å². The summed E-state index contributed by atoms with van der Waals surface area (Å²) in [4.78, 5) is 19.4. The van der Waals surface area contributed by atoms with Gasteiger partial charge in [-0.15, -0.1) is 0 Å². The molecule has 0 aliphatic carbocycles. The van der Waals surface area contributed by atoms with Crippen molar-refractivity contribution in [3.05, 3.63) is 79.9 Å². The highest BCUT2D eigenvalue weighted by molar-refractivity contribution is 6.32. The maximum absolute atomic E-state index is 12.3. The zero-order valence-electron chi connectivity index (χ0n) is 14.9. The zero-order chi connectivity index (χ0) is 19.8. The van der Waals surface area contributed by atoms with E-state index < -0.39 is 5.69 Å². The summed E-state index contributed by atoms with van der Waals surface area (Å²) >= 11 is 6.14. The Morgan fingerprint density at radius 2 is 2.04 bits per heavy atom. The van der Waals surface area contributed by atoms with Crippen LogP contribution >= 0.6 is 11.6 Å². The van der Waals surface area contributed by atoms with Crippen LogP contribution < -0.4 is 5.69 Å². The van der Waals surface area contributed by atoms with E-state index in [9.17, 15) is 9.90 Å². The number of nitrogens with one attached hydrogen (secondary N) is 1. The maximum atomic E-state index is 12.3. The van der Waals surface area contributed by atoms with Gasteiger partial charge in [-0.1, -0.05) is 29.8 Å². The zero-order valence-corrected chi connectivity index (χ0v) is 15.7. The molecule has 3 aromatic rings. The lowest BCUT2D eigenvalue weighted by Gasteiger charge is -2.05. The summed E-state index contributed by atoms with van der Waals surface area (Å²) < 4.78 is 1.24. The number of aromatic amines is 1. The van der Waals surface area contributed by atoms with Crippen molar-refractivity contribution in [1.82, 2.24) is 9.55 Å². The van der Waals surface area contributed by atoms with E-state index >= 15 is 0 Å². The second kappa shape index (κ2) is 6.87. The highest BCUT2D eigenvalue weighted by Crippen LogP contribution is 2.38. The van der Waals surface area contributed by atoms with Gasteiger partial charge in [0.25, 0.3) is 0 Å². The molecule has 2 N–H and O–H groups in total. The van der Waals surface area contributed by atoms with Crippen LogP contribution in [0.25, 0.3) is 11.6 Å². The van der Waals surface area contributed by atoms with Gasteiger partial charge in [-0.3, -0.25) is 9.56 Å². The summed E-state index contributed by atoms with van der Waals surface area (Å²) in [7, 11) is 0. The second-order valence-electron chi connectivity index (χ2n) is 6.49. The predicted octanol–water partition coefficient (Wildman–Crippen LogP) is 4.02. The Labute approximate surface area is 165 Å². The first kappa shape index (κ1) is 17.8. The molecule has 0 saturated carbocycles. The minimum Gasteiger partial charge on any atom is -0.493 e. The summed E-state index contributed by atoms with van der Waals surface area (Å²) in [6.07, 6.45) is 3.37. The molecule has 7 heteroatoms. The largest absolute Gasteiger partial charge is 0.493 e. The third-order valence-corrected chi connectivity index (χ3v) is 5.12. The third-order valence-electron chi connectivity index (χ3n) is 4.72. The molecular weight excluding hydrogens is 376 g/mol. The van der Waals surface area contributed by atoms with Crippen LogP contribution in [0.15, 0.2) is 46.2 Å². The average molecular weight is 391 g/mol. The van der Waals surface area contributed by atoms with Crippen LogP contribution in [0.1, 0.15) is 27.9 Å². The molecule has 0 amide bonds. The molecule has 2 heterocycles. The van der Waals surface area contributed by atoms with Crippen molar-refractivity contribution in [2.24, 2.45) is 4.99 Å². The van der Waals surface area contributed by atoms with Crippen LogP contribution in [0.5, 0.6) is 5.88 Å². The second-order valence-corrected chi connectivity index (χ2v) is 6.90. The van der Waals surface area contributed by atoms with Crippen LogP contribution in [0.3, 0.4) is 0 Å². The molecule has 6 nitrogen and oxygen atoms in total. The minimum atomic E-state index is -0.420. The van der Waals surface area contributed by atoms with Crippen LogP contribution in [0.2, 0.25) is 5.02 Å². The lowest BCUT2D eigenvalue weighted by atomic mass is 10.0. The van der Waals surface area contributed by atoms with Crippen molar-refractivity contribution in [2.45, 2.75) is 13.5 Å². The van der Waals surface area contributed by atoms with E-state index in [1.54, 1.807) is 42.6 Å². The van der Waals surface area contributed by atoms with Crippen molar-refractivity contribution in [2.75, 3.05) is 0 Å². The Bertz CT molecular complexity index is 1240. The number of allylic oxidation sites excluding steroid dienone is 1. The molecule has 0 atom stereocenters. The Hall–Kier alpha value is -3.56. The summed E-state index contributed by atoms with van der Waals surface area (Å²) in [6, 6.07) is 12.6. The van der Waals surface area contributed by atoms with E-state index in [2.05, 4.69) is 9.98 Å². The molecule has 4 rings (SSSR count). The van der Waals surface area contributed by atoms with E-state index in [1.807, 2.05) is 19.1 Å². The van der Waals surface area contributed by atoms with Gasteiger partial charge < -0.3 is 10.1 Å². The minimum absolute atomic E-state index is 0.158. The van der Waals surface area contributed by atoms with Crippen LogP contribution in [-0.2, 0) is 6.54 Å². The molecule has 28 heavy (non-hydrogen) atoms. The van der Waals surface area contributed by atoms with Crippen molar-refractivity contribution in [3.63, 3.8) is 0 Å². The Morgan fingerprint density at radius 1 is 1.29 bits per heavy atom. The van der Waals surface area contributed by atoms with Crippen molar-refractivity contribution < 1.29 is 5.11 Å². The number of halogens is 1. The molecule has 2 aromatic carbocycles. The maximum Gasteiger partial charge on any atom is 0.329 e. The fourth-order valence-electron chi connectivity index (χ4n) is 3.14. The number of imidazole rings is 1. The number of nitrogens with zero attached hydrogens (tertiary/aromatic N) is 3. The molecule has 1 aromatic heterocycles. The van der Waals surface area contributed by atoms with E-state index in [4.69, 9.17) is 16.9 Å². The number of nitriles is 1. The van der Waals surface area contributed by atoms with Gasteiger partial charge >= 0.3 is 5.69 Å². The molecule has 1 aliphatic heterocycles. The molecule has 0 radical (unpaired) electrons. The van der Waals surface area contributed by atoms with Crippen molar-refractivity contribution in [1.29, 1.82) is 5.26 Å². The fraction of sp³-hybridized carbons (Fsp3) is 0.0952. The average Bonchev–Trinajstić information content (AvgIpc) is 3.22. The summed E-state index contributed by atoms with van der Waals surface area (Å²) in [5.41, 5.74) is 4.56. The van der Waals surface area contributed by atoms with Crippen LogP contribution in [-0.4, -0.2) is 20.9 Å². The first-order chi connectivity index (χ1) is 13.5. The first-order valence-electron chi connectivity index (χ1n) is 8.54. The summed E-state index contributed by atoms with van der Waals surface area (Å²) in [6.45, 7) is 2.09. The molecule has 0 fully saturated rings. The highest BCUT2D eigenvalue weighted by Gasteiger charge is 2.18. The lowest BCUT2D eigenvalue weighted by Crippen LogP contribution is -2.17. The summed E-state index contributed by atoms with van der Waals surface area (Å²) in [5, 5.41) is 20.1. The highest BCUT2D eigenvalue weighted by atomic mass is 35.5. The monoisotopic (exact) mass is 390 g/mol. The molecule has 0 saturated heterocycles. The number of rotatable bonds is 3. The predicted molar refractivity (Wildman–Crippen MR) is 109 cm³/mol. The van der Waals surface area contributed by atoms with Gasteiger partial charge in [0, 0.05) is 22.4 Å². The number of hydrogen-bond acceptors (Lipinski definition) is 4. The molecular formula is C21H15ClN4O2. The number of benzene rings is 2. The molecule has 0 unspecified atom stereocenters. The lowest BCUT2D eigenvalue weighted by molar-refractivity contribution is 0.420. The van der Waals surface area contributed by atoms with E-state index in [0.717, 1.165) is 28.0 Å². The Balaban J connectivity index is 1.69. The number of aromatic nitrogens is 2. The molecule has 0 bridgehead atoms. The van der Waals surface area contributed by atoms with Gasteiger partial charge in [0.05, 0.1) is 23.9 Å². The normalized spacial score (nSPS) is 13.7. The number of fused-ring (bicyclic) bond motifs is 1. The van der Waals surface area contributed by atoms with Crippen molar-refractivity contribution >= 4 is 35.2 Å². The van der Waals surface area contributed by atoms with Gasteiger partial charge in [-0.2, -0.15) is 5.26 Å². The third kappa shape index (κ3) is 3.02. The number of H-pyrrole nitrogens is 1. The molecule has 1 aliphatic rings. The topological polar surface area (TPSA) is 94.2 Å². The number of aromatic hydroxyl groups is 1. The SMILES string of the molecule is Cc1c(Cl)ccc2c1N=C/C2=C\c1[nH]c(=O)n(Cc2ccc(C#N)cc2)c1O. The first-order valence-corrected chi connectivity index (χ1v) is 8.92. The van der Waals surface area contributed by atoms with E-state index in [0.29, 0.717) is 16.3 Å². The fourth-order valence-corrected chi connectivity index (χ4v) is 3.30. The number of hydrogen-bond donors (Lipinski definition) is 2. The van der Waals surface area contributed by atoms with Gasteiger partial charge in [0.2, 0.25) is 5.88 Å². The smallest absolute Gasteiger partial charge is 0.329 e. The van der Waals surface area contributed by atoms with Crippen LogP contribution in [0.4, 0.5) is 5.69 Å². The standard InChI is InChI=1S/C21H15ClN4O2/c1-12-17(22)7-6-16-15(10-24-19(12)16)8-18-20(27)26(21(28)25-18)11-14-4-2-13(9-23)3-5-14/h2-8,10,27H,11H2,1H3,(H,25,28)/b15-8+. The van der Waals surface area contributed by atoms with Gasteiger partial charge in [-0.25, -0.2) is 4.79 Å². The Morgan fingerprint density at radius 3 is 2.75 bits per heavy atom. The number of aliphatic imine (C=N–C) groups is 1. The van der Waals surface area contributed by atoms with Gasteiger partial charge in [0.1, 0.15) is 5.69 Å². The van der Waals surface area contributed by atoms with Gasteiger partial charge in [0.15, 0.2) is 0 Å². The van der Waals surface area contributed by atoms with Crippen molar-refractivity contribution in [3.8, 4) is 11.9 Å². The molecule has 138 valence electrons. The Kier molecular flexibility index (Phi) is 4.38. The molecule has 0 spiro atoms. The van der Waals surface area contributed by atoms with E-state index in [1.165, 1.54) is 4.57 Å². The summed E-state index contributed by atoms with van der Waals surface area (Å²) in [5.74, 6) is -0.158. The van der Waals surface area contributed by atoms with Crippen LogP contribution in [0, 0.1) is 18.3 Å². The quantitative estimate of drug-likeness (QED) is 0.707.